The van der Waals surface area contributed by atoms with Crippen molar-refractivity contribution in [2.24, 2.45) is 0 Å². The SMILES string of the molecule is CC.Cc1ccc(N(C)CC2(NC=O)CCCC2)nc1. The summed E-state index contributed by atoms with van der Waals surface area (Å²) in [4.78, 5) is 17.3. The summed E-state index contributed by atoms with van der Waals surface area (Å²) in [5.74, 6) is 0.958. The summed E-state index contributed by atoms with van der Waals surface area (Å²) in [5.41, 5.74) is 1.09. The molecular weight excluding hydrogens is 250 g/mol. The Bertz CT molecular complexity index is 397. The molecule has 1 aliphatic rings. The van der Waals surface area contributed by atoms with Gasteiger partial charge in [0.1, 0.15) is 5.82 Å². The van der Waals surface area contributed by atoms with Gasteiger partial charge in [0.2, 0.25) is 6.41 Å². The van der Waals surface area contributed by atoms with Crippen molar-refractivity contribution in [2.75, 3.05) is 18.5 Å². The smallest absolute Gasteiger partial charge is 0.207 e. The molecular formula is C16H27N3O. The lowest BCUT2D eigenvalue weighted by molar-refractivity contribution is -0.111. The lowest BCUT2D eigenvalue weighted by Gasteiger charge is -2.33. The maximum atomic E-state index is 10.8. The van der Waals surface area contributed by atoms with Crippen LogP contribution < -0.4 is 10.2 Å². The Morgan fingerprint density at radius 2 is 2.00 bits per heavy atom. The van der Waals surface area contributed by atoms with E-state index in [1.165, 1.54) is 12.8 Å². The number of pyridine rings is 1. The minimum Gasteiger partial charge on any atom is -0.357 e. The van der Waals surface area contributed by atoms with Crippen LogP contribution in [-0.2, 0) is 4.79 Å². The molecule has 1 fully saturated rings. The standard InChI is InChI=1S/C14H21N3O.C2H6/c1-12-5-6-13(15-9-12)17(2)10-14(16-11-18)7-3-4-8-14;1-2/h5-6,9,11H,3-4,7-8,10H2,1-2H3,(H,16,18);1-2H3. The number of carbonyl (C=O) groups excluding carboxylic acids is 1. The van der Waals surface area contributed by atoms with Gasteiger partial charge in [0.05, 0.1) is 5.54 Å². The molecule has 0 aromatic carbocycles. The lowest BCUT2D eigenvalue weighted by Crippen LogP contribution is -2.50. The predicted molar refractivity (Wildman–Crippen MR) is 84.0 cm³/mol. The Morgan fingerprint density at radius 1 is 1.35 bits per heavy atom. The van der Waals surface area contributed by atoms with Crippen LogP contribution in [0.5, 0.6) is 0 Å². The van der Waals surface area contributed by atoms with Crippen LogP contribution in [-0.4, -0.2) is 30.5 Å². The van der Waals surface area contributed by atoms with Crippen molar-refractivity contribution >= 4 is 12.2 Å². The van der Waals surface area contributed by atoms with E-state index in [1.54, 1.807) is 0 Å². The second kappa shape index (κ2) is 7.88. The largest absolute Gasteiger partial charge is 0.357 e. The first-order valence-electron chi connectivity index (χ1n) is 7.50. The fourth-order valence-corrected chi connectivity index (χ4v) is 2.75. The van der Waals surface area contributed by atoms with Gasteiger partial charge in [-0.1, -0.05) is 32.8 Å². The summed E-state index contributed by atoms with van der Waals surface area (Å²) in [7, 11) is 2.03. The number of carbonyl (C=O) groups is 1. The van der Waals surface area contributed by atoms with Crippen LogP contribution in [0.2, 0.25) is 0 Å². The van der Waals surface area contributed by atoms with E-state index in [-0.39, 0.29) is 5.54 Å². The second-order valence-electron chi connectivity index (χ2n) is 5.30. The monoisotopic (exact) mass is 277 g/mol. The molecule has 1 N–H and O–H groups in total. The third kappa shape index (κ3) is 4.22. The fraction of sp³-hybridized carbons (Fsp3) is 0.625. The molecule has 2 rings (SSSR count). The number of nitrogens with one attached hydrogen (secondary N) is 1. The van der Waals surface area contributed by atoms with Gasteiger partial charge in [-0.25, -0.2) is 4.98 Å². The van der Waals surface area contributed by atoms with Crippen molar-refractivity contribution in [3.05, 3.63) is 23.9 Å². The topological polar surface area (TPSA) is 45.2 Å². The molecule has 0 spiro atoms. The molecule has 1 aromatic heterocycles. The number of anilines is 1. The van der Waals surface area contributed by atoms with Crippen molar-refractivity contribution in [3.63, 3.8) is 0 Å². The minimum atomic E-state index is -0.0664. The summed E-state index contributed by atoms with van der Waals surface area (Å²) in [6, 6.07) is 4.09. The number of aryl methyl sites for hydroxylation is 1. The number of aromatic nitrogens is 1. The van der Waals surface area contributed by atoms with E-state index >= 15 is 0 Å². The number of rotatable bonds is 5. The Hall–Kier alpha value is -1.58. The molecule has 1 amide bonds. The van der Waals surface area contributed by atoms with Crippen molar-refractivity contribution in [2.45, 2.75) is 52.0 Å². The average molecular weight is 277 g/mol. The zero-order chi connectivity index (χ0) is 15.0. The van der Waals surface area contributed by atoms with Crippen LogP contribution in [0, 0.1) is 6.92 Å². The van der Waals surface area contributed by atoms with Crippen molar-refractivity contribution in [1.29, 1.82) is 0 Å². The highest BCUT2D eigenvalue weighted by Crippen LogP contribution is 2.30. The van der Waals surface area contributed by atoms with E-state index in [9.17, 15) is 4.79 Å². The third-order valence-corrected chi connectivity index (χ3v) is 3.75. The van der Waals surface area contributed by atoms with Crippen molar-refractivity contribution in [3.8, 4) is 0 Å². The van der Waals surface area contributed by atoms with Gasteiger partial charge in [-0.2, -0.15) is 0 Å². The quantitative estimate of drug-likeness (QED) is 0.842. The predicted octanol–water partition coefficient (Wildman–Crippen LogP) is 2.91. The number of likely N-dealkylation sites (N-methyl/N-ethyl adjacent to an activating group) is 1. The van der Waals surface area contributed by atoms with Crippen LogP contribution in [0.15, 0.2) is 18.3 Å². The zero-order valence-electron chi connectivity index (χ0n) is 13.1. The van der Waals surface area contributed by atoms with Crippen LogP contribution in [0.1, 0.15) is 45.1 Å². The van der Waals surface area contributed by atoms with Crippen LogP contribution in [0.3, 0.4) is 0 Å². The van der Waals surface area contributed by atoms with Gasteiger partial charge in [0, 0.05) is 19.8 Å². The fourth-order valence-electron chi connectivity index (χ4n) is 2.75. The minimum absolute atomic E-state index is 0.0664. The highest BCUT2D eigenvalue weighted by molar-refractivity contribution is 5.49. The molecule has 1 aromatic rings. The Labute approximate surface area is 122 Å². The van der Waals surface area contributed by atoms with Gasteiger partial charge in [0.25, 0.3) is 0 Å². The average Bonchev–Trinajstić information content (AvgIpc) is 2.90. The van der Waals surface area contributed by atoms with E-state index in [4.69, 9.17) is 0 Å². The van der Waals surface area contributed by atoms with Crippen LogP contribution in [0.25, 0.3) is 0 Å². The van der Waals surface area contributed by atoms with Gasteiger partial charge in [-0.3, -0.25) is 4.79 Å². The normalized spacial score (nSPS) is 16.0. The Morgan fingerprint density at radius 3 is 2.50 bits per heavy atom. The van der Waals surface area contributed by atoms with Gasteiger partial charge in [-0.05, 0) is 31.4 Å². The molecule has 20 heavy (non-hydrogen) atoms. The van der Waals surface area contributed by atoms with Crippen LogP contribution in [0.4, 0.5) is 5.82 Å². The molecule has 0 unspecified atom stereocenters. The lowest BCUT2D eigenvalue weighted by atomic mass is 9.97. The number of nitrogens with zero attached hydrogens (tertiary/aromatic N) is 2. The van der Waals surface area contributed by atoms with E-state index in [1.807, 2.05) is 40.1 Å². The van der Waals surface area contributed by atoms with Gasteiger partial charge < -0.3 is 10.2 Å². The zero-order valence-corrected chi connectivity index (χ0v) is 13.1. The van der Waals surface area contributed by atoms with E-state index in [0.29, 0.717) is 0 Å². The molecule has 112 valence electrons. The molecule has 0 radical (unpaired) electrons. The maximum absolute atomic E-state index is 10.8. The molecule has 0 bridgehead atoms. The molecule has 1 aliphatic carbocycles. The summed E-state index contributed by atoms with van der Waals surface area (Å²) in [5, 5.41) is 3.02. The highest BCUT2D eigenvalue weighted by atomic mass is 16.1. The first-order valence-corrected chi connectivity index (χ1v) is 7.50. The maximum Gasteiger partial charge on any atom is 0.207 e. The van der Waals surface area contributed by atoms with E-state index < -0.39 is 0 Å². The van der Waals surface area contributed by atoms with Gasteiger partial charge in [0.15, 0.2) is 0 Å². The van der Waals surface area contributed by atoms with E-state index in [0.717, 1.165) is 37.2 Å². The number of hydrogen-bond donors (Lipinski definition) is 1. The van der Waals surface area contributed by atoms with Gasteiger partial charge in [-0.15, -0.1) is 0 Å². The first-order chi connectivity index (χ1) is 9.65. The molecule has 4 heteroatoms. The summed E-state index contributed by atoms with van der Waals surface area (Å²) in [6.45, 7) is 6.85. The van der Waals surface area contributed by atoms with Gasteiger partial charge >= 0.3 is 0 Å². The van der Waals surface area contributed by atoms with Crippen molar-refractivity contribution < 1.29 is 4.79 Å². The molecule has 0 aliphatic heterocycles. The summed E-state index contributed by atoms with van der Waals surface area (Å²) < 4.78 is 0. The molecule has 1 heterocycles. The molecule has 4 nitrogen and oxygen atoms in total. The summed E-state index contributed by atoms with van der Waals surface area (Å²) in [6.07, 6.45) is 7.21. The van der Waals surface area contributed by atoms with E-state index in [2.05, 4.69) is 21.3 Å². The second-order valence-corrected chi connectivity index (χ2v) is 5.30. The summed E-state index contributed by atoms with van der Waals surface area (Å²) >= 11 is 0. The van der Waals surface area contributed by atoms with Crippen molar-refractivity contribution in [1.82, 2.24) is 10.3 Å². The Balaban J connectivity index is 0.000000956. The van der Waals surface area contributed by atoms with Crippen LogP contribution >= 0.6 is 0 Å². The number of hydrogen-bond acceptors (Lipinski definition) is 3. The molecule has 0 saturated heterocycles. The molecule has 0 atom stereocenters. The Kier molecular flexibility index (Phi) is 6.49. The number of amides is 1. The molecule has 1 saturated carbocycles. The highest BCUT2D eigenvalue weighted by Gasteiger charge is 2.34. The third-order valence-electron chi connectivity index (χ3n) is 3.75. The first kappa shape index (κ1) is 16.5.